The third-order valence-corrected chi connectivity index (χ3v) is 2.54. The SMILES string of the molecule is OCCCCCCNC1=NCCCC1. The van der Waals surface area contributed by atoms with E-state index in [4.69, 9.17) is 5.11 Å². The van der Waals surface area contributed by atoms with Gasteiger partial charge in [0.15, 0.2) is 0 Å². The maximum atomic E-state index is 8.59. The van der Waals surface area contributed by atoms with Crippen molar-refractivity contribution in [3.05, 3.63) is 0 Å². The van der Waals surface area contributed by atoms with Gasteiger partial charge >= 0.3 is 0 Å². The van der Waals surface area contributed by atoms with E-state index in [0.717, 1.165) is 32.4 Å². The first-order valence-corrected chi connectivity index (χ1v) is 5.81. The molecule has 0 saturated heterocycles. The summed E-state index contributed by atoms with van der Waals surface area (Å²) in [5.74, 6) is 1.21. The van der Waals surface area contributed by atoms with Gasteiger partial charge in [-0.2, -0.15) is 0 Å². The molecule has 0 radical (unpaired) electrons. The molecule has 0 unspecified atom stereocenters. The molecule has 0 amide bonds. The number of hydrogen-bond donors (Lipinski definition) is 2. The number of aliphatic imine (C=N–C) groups is 1. The molecule has 82 valence electrons. The van der Waals surface area contributed by atoms with E-state index < -0.39 is 0 Å². The highest BCUT2D eigenvalue weighted by Crippen LogP contribution is 2.04. The highest BCUT2D eigenvalue weighted by atomic mass is 16.2. The molecule has 3 heteroatoms. The van der Waals surface area contributed by atoms with Crippen LogP contribution >= 0.6 is 0 Å². The van der Waals surface area contributed by atoms with Crippen molar-refractivity contribution in [1.29, 1.82) is 0 Å². The number of unbranched alkanes of at least 4 members (excludes halogenated alkanes) is 3. The Kier molecular flexibility index (Phi) is 6.41. The number of nitrogens with zero attached hydrogens (tertiary/aromatic N) is 1. The molecule has 1 aliphatic heterocycles. The molecule has 0 aromatic heterocycles. The van der Waals surface area contributed by atoms with Crippen molar-refractivity contribution < 1.29 is 5.11 Å². The van der Waals surface area contributed by atoms with Gasteiger partial charge in [-0.25, -0.2) is 0 Å². The summed E-state index contributed by atoms with van der Waals surface area (Å²) >= 11 is 0. The summed E-state index contributed by atoms with van der Waals surface area (Å²) in [6, 6.07) is 0. The summed E-state index contributed by atoms with van der Waals surface area (Å²) in [5.41, 5.74) is 0. The van der Waals surface area contributed by atoms with Crippen LogP contribution in [0, 0.1) is 0 Å². The first-order valence-electron chi connectivity index (χ1n) is 5.81. The summed E-state index contributed by atoms with van der Waals surface area (Å²) < 4.78 is 0. The second-order valence-electron chi connectivity index (χ2n) is 3.85. The zero-order valence-corrected chi connectivity index (χ0v) is 8.97. The smallest absolute Gasteiger partial charge is 0.0963 e. The maximum Gasteiger partial charge on any atom is 0.0963 e. The Morgan fingerprint density at radius 3 is 2.71 bits per heavy atom. The summed E-state index contributed by atoms with van der Waals surface area (Å²) in [6.07, 6.45) is 8.17. The van der Waals surface area contributed by atoms with Gasteiger partial charge in [-0.05, 0) is 25.7 Å². The second-order valence-corrected chi connectivity index (χ2v) is 3.85. The van der Waals surface area contributed by atoms with Gasteiger partial charge in [0, 0.05) is 26.1 Å². The molecule has 0 aromatic carbocycles. The monoisotopic (exact) mass is 198 g/mol. The minimum atomic E-state index is 0.333. The Bertz CT molecular complexity index is 169. The second kappa shape index (κ2) is 7.80. The lowest BCUT2D eigenvalue weighted by atomic mass is 10.1. The van der Waals surface area contributed by atoms with Crippen molar-refractivity contribution in [2.75, 3.05) is 19.7 Å². The van der Waals surface area contributed by atoms with Gasteiger partial charge in [0.2, 0.25) is 0 Å². The van der Waals surface area contributed by atoms with E-state index in [9.17, 15) is 0 Å². The van der Waals surface area contributed by atoms with Crippen molar-refractivity contribution in [2.24, 2.45) is 4.99 Å². The highest BCUT2D eigenvalue weighted by Gasteiger charge is 2.02. The van der Waals surface area contributed by atoms with E-state index in [1.54, 1.807) is 0 Å². The van der Waals surface area contributed by atoms with Crippen LogP contribution in [-0.4, -0.2) is 30.6 Å². The van der Waals surface area contributed by atoms with E-state index in [1.165, 1.54) is 31.5 Å². The van der Waals surface area contributed by atoms with Crippen molar-refractivity contribution in [3.8, 4) is 0 Å². The van der Waals surface area contributed by atoms with E-state index in [-0.39, 0.29) is 0 Å². The lowest BCUT2D eigenvalue weighted by Gasteiger charge is -2.13. The molecule has 0 saturated carbocycles. The minimum Gasteiger partial charge on any atom is -0.396 e. The van der Waals surface area contributed by atoms with Crippen LogP contribution in [0.5, 0.6) is 0 Å². The van der Waals surface area contributed by atoms with Crippen LogP contribution in [0.1, 0.15) is 44.9 Å². The normalized spacial score (nSPS) is 16.5. The van der Waals surface area contributed by atoms with Gasteiger partial charge in [0.1, 0.15) is 0 Å². The van der Waals surface area contributed by atoms with Gasteiger partial charge in [-0.15, -0.1) is 0 Å². The number of aliphatic hydroxyl groups is 1. The lowest BCUT2D eigenvalue weighted by Crippen LogP contribution is -2.26. The molecule has 3 nitrogen and oxygen atoms in total. The van der Waals surface area contributed by atoms with E-state index in [0.29, 0.717) is 6.61 Å². The molecule has 1 rings (SSSR count). The molecule has 0 fully saturated rings. The Morgan fingerprint density at radius 1 is 1.14 bits per heavy atom. The standard InChI is InChI=1S/C11H22N2O/c14-10-6-2-1-4-8-12-11-7-3-5-9-13-11/h14H,1-10H2,(H,12,13). The third kappa shape index (κ3) is 5.22. The van der Waals surface area contributed by atoms with E-state index in [2.05, 4.69) is 10.3 Å². The molecule has 14 heavy (non-hydrogen) atoms. The summed E-state index contributed by atoms with van der Waals surface area (Å²) in [6.45, 7) is 2.39. The van der Waals surface area contributed by atoms with Crippen LogP contribution in [0.15, 0.2) is 4.99 Å². The topological polar surface area (TPSA) is 44.6 Å². The van der Waals surface area contributed by atoms with Crippen LogP contribution in [-0.2, 0) is 0 Å². The van der Waals surface area contributed by atoms with Crippen LogP contribution in [0.25, 0.3) is 0 Å². The van der Waals surface area contributed by atoms with Gasteiger partial charge in [-0.1, -0.05) is 12.8 Å². The van der Waals surface area contributed by atoms with Gasteiger partial charge in [0.25, 0.3) is 0 Å². The fourth-order valence-corrected chi connectivity index (χ4v) is 1.66. The average Bonchev–Trinajstić information content (AvgIpc) is 2.25. The molecule has 0 bridgehead atoms. The summed E-state index contributed by atoms with van der Waals surface area (Å²) in [5, 5.41) is 12.0. The molecular formula is C11H22N2O. The fraction of sp³-hybridized carbons (Fsp3) is 0.909. The zero-order chi connectivity index (χ0) is 10.1. The lowest BCUT2D eigenvalue weighted by molar-refractivity contribution is 0.282. The minimum absolute atomic E-state index is 0.333. The van der Waals surface area contributed by atoms with Crippen molar-refractivity contribution in [3.63, 3.8) is 0 Å². The largest absolute Gasteiger partial charge is 0.396 e. The van der Waals surface area contributed by atoms with Crippen molar-refractivity contribution >= 4 is 5.84 Å². The molecule has 0 atom stereocenters. The molecule has 1 aliphatic rings. The van der Waals surface area contributed by atoms with E-state index in [1.807, 2.05) is 0 Å². The third-order valence-electron chi connectivity index (χ3n) is 2.54. The predicted octanol–water partition coefficient (Wildman–Crippen LogP) is 1.71. The number of rotatable bonds is 6. The van der Waals surface area contributed by atoms with Gasteiger partial charge in [-0.3, -0.25) is 4.99 Å². The number of amidine groups is 1. The highest BCUT2D eigenvalue weighted by molar-refractivity contribution is 5.82. The Balaban J connectivity index is 1.90. The molecule has 0 spiro atoms. The first-order chi connectivity index (χ1) is 6.93. The number of hydrogen-bond acceptors (Lipinski definition) is 3. The van der Waals surface area contributed by atoms with Crippen LogP contribution in [0.3, 0.4) is 0 Å². The molecule has 0 aromatic rings. The predicted molar refractivity (Wildman–Crippen MR) is 59.7 cm³/mol. The van der Waals surface area contributed by atoms with Crippen LogP contribution < -0.4 is 5.32 Å². The summed E-state index contributed by atoms with van der Waals surface area (Å²) in [4.78, 5) is 4.43. The quantitative estimate of drug-likeness (QED) is 0.638. The molecule has 0 aliphatic carbocycles. The molecular weight excluding hydrogens is 176 g/mol. The average molecular weight is 198 g/mol. The Hall–Kier alpha value is -0.570. The summed E-state index contributed by atoms with van der Waals surface area (Å²) in [7, 11) is 0. The van der Waals surface area contributed by atoms with Crippen molar-refractivity contribution in [2.45, 2.75) is 44.9 Å². The number of aliphatic hydroxyl groups excluding tert-OH is 1. The van der Waals surface area contributed by atoms with Crippen LogP contribution in [0.4, 0.5) is 0 Å². The van der Waals surface area contributed by atoms with Gasteiger partial charge in [0.05, 0.1) is 5.84 Å². The molecule has 1 heterocycles. The zero-order valence-electron chi connectivity index (χ0n) is 8.97. The van der Waals surface area contributed by atoms with Crippen molar-refractivity contribution in [1.82, 2.24) is 5.32 Å². The first kappa shape index (κ1) is 11.5. The Morgan fingerprint density at radius 2 is 2.00 bits per heavy atom. The fourth-order valence-electron chi connectivity index (χ4n) is 1.66. The van der Waals surface area contributed by atoms with Crippen LogP contribution in [0.2, 0.25) is 0 Å². The number of nitrogens with one attached hydrogen (secondary N) is 1. The van der Waals surface area contributed by atoms with E-state index >= 15 is 0 Å². The van der Waals surface area contributed by atoms with Gasteiger partial charge < -0.3 is 10.4 Å². The molecule has 2 N–H and O–H groups in total. The Labute approximate surface area is 86.6 Å². The maximum absolute atomic E-state index is 8.59.